The van der Waals surface area contributed by atoms with Gasteiger partial charge in [0.15, 0.2) is 5.76 Å². The SMILES string of the molecule is Cc1c(-c2cc(C(=O)NS(C)(=O)=O)c3c(OCCC4CCOCC4)ccc(C)c3n2)oc2ccccc12. The monoisotopic (exact) mass is 522 g/mol. The normalized spacial score (nSPS) is 14.8. The number of sulfonamides is 1. The minimum Gasteiger partial charge on any atom is -0.493 e. The van der Waals surface area contributed by atoms with Crippen LogP contribution in [0.2, 0.25) is 0 Å². The number of aromatic nitrogens is 1. The molecule has 1 aliphatic rings. The van der Waals surface area contributed by atoms with Gasteiger partial charge >= 0.3 is 0 Å². The number of hydrogen-bond donors (Lipinski definition) is 1. The summed E-state index contributed by atoms with van der Waals surface area (Å²) in [6.45, 7) is 5.84. The summed E-state index contributed by atoms with van der Waals surface area (Å²) >= 11 is 0. The van der Waals surface area contributed by atoms with E-state index in [-0.39, 0.29) is 5.56 Å². The van der Waals surface area contributed by atoms with Crippen molar-refractivity contribution in [3.8, 4) is 17.2 Å². The maximum Gasteiger partial charge on any atom is 0.265 e. The van der Waals surface area contributed by atoms with E-state index >= 15 is 0 Å². The summed E-state index contributed by atoms with van der Waals surface area (Å²) in [5.74, 6) is 0.803. The predicted molar refractivity (Wildman–Crippen MR) is 142 cm³/mol. The lowest BCUT2D eigenvalue weighted by Crippen LogP contribution is -2.29. The van der Waals surface area contributed by atoms with Crippen LogP contribution < -0.4 is 9.46 Å². The highest BCUT2D eigenvalue weighted by Gasteiger charge is 2.24. The first-order chi connectivity index (χ1) is 17.7. The van der Waals surface area contributed by atoms with E-state index < -0.39 is 15.9 Å². The molecule has 9 heteroatoms. The van der Waals surface area contributed by atoms with Crippen molar-refractivity contribution in [2.24, 2.45) is 5.92 Å². The first kappa shape index (κ1) is 25.2. The van der Waals surface area contributed by atoms with Gasteiger partial charge in [0.2, 0.25) is 10.0 Å². The van der Waals surface area contributed by atoms with Crippen molar-refractivity contribution < 1.29 is 27.1 Å². The molecule has 0 aliphatic carbocycles. The van der Waals surface area contributed by atoms with Gasteiger partial charge in [0.05, 0.1) is 29.3 Å². The molecule has 2 aromatic heterocycles. The second kappa shape index (κ2) is 10.1. The minimum absolute atomic E-state index is 0.162. The van der Waals surface area contributed by atoms with Gasteiger partial charge in [0.1, 0.15) is 17.0 Å². The molecular formula is C28H30N2O6S. The number of nitrogens with zero attached hydrogens (tertiary/aromatic N) is 1. The molecule has 1 fully saturated rings. The standard InChI is InChI=1S/C28H30N2O6S/c1-17-8-9-24(35-15-12-19-10-13-34-14-11-19)25-21(28(31)30-37(3,32)33)16-22(29-26(17)25)27-18(2)20-6-4-5-7-23(20)36-27/h4-9,16,19H,10-15H2,1-3H3,(H,30,31). The summed E-state index contributed by atoms with van der Waals surface area (Å²) in [6.07, 6.45) is 3.83. The van der Waals surface area contributed by atoms with Crippen molar-refractivity contribution in [3.63, 3.8) is 0 Å². The van der Waals surface area contributed by atoms with Crippen LogP contribution in [0, 0.1) is 19.8 Å². The third-order valence-electron chi connectivity index (χ3n) is 6.85. The Labute approximate surface area is 216 Å². The van der Waals surface area contributed by atoms with E-state index in [2.05, 4.69) is 4.72 Å². The first-order valence-corrected chi connectivity index (χ1v) is 14.3. The van der Waals surface area contributed by atoms with Crippen molar-refractivity contribution >= 4 is 37.8 Å². The average Bonchev–Trinajstić information content (AvgIpc) is 3.21. The molecule has 1 aliphatic heterocycles. The zero-order valence-corrected chi connectivity index (χ0v) is 22.0. The van der Waals surface area contributed by atoms with E-state index in [1.165, 1.54) is 0 Å². The van der Waals surface area contributed by atoms with Crippen LogP contribution in [0.25, 0.3) is 33.3 Å². The van der Waals surface area contributed by atoms with Gasteiger partial charge in [-0.3, -0.25) is 4.79 Å². The summed E-state index contributed by atoms with van der Waals surface area (Å²) in [6, 6.07) is 13.0. The number of para-hydroxylation sites is 1. The Kier molecular flexibility index (Phi) is 6.92. The van der Waals surface area contributed by atoms with Crippen LogP contribution in [0.3, 0.4) is 0 Å². The Morgan fingerprint density at radius 2 is 1.89 bits per heavy atom. The van der Waals surface area contributed by atoms with E-state index in [9.17, 15) is 13.2 Å². The van der Waals surface area contributed by atoms with E-state index in [0.717, 1.165) is 55.2 Å². The van der Waals surface area contributed by atoms with Crippen LogP contribution in [0.5, 0.6) is 5.75 Å². The van der Waals surface area contributed by atoms with Gasteiger partial charge in [0.25, 0.3) is 5.91 Å². The highest BCUT2D eigenvalue weighted by Crippen LogP contribution is 2.37. The second-order valence-electron chi connectivity index (χ2n) is 9.61. The van der Waals surface area contributed by atoms with Crippen molar-refractivity contribution in [3.05, 3.63) is 59.2 Å². The maximum absolute atomic E-state index is 13.3. The smallest absolute Gasteiger partial charge is 0.265 e. The fraction of sp³-hybridized carbons (Fsp3) is 0.357. The van der Waals surface area contributed by atoms with Gasteiger partial charge in [-0.05, 0) is 62.8 Å². The highest BCUT2D eigenvalue weighted by molar-refractivity contribution is 7.89. The molecule has 4 aromatic rings. The van der Waals surface area contributed by atoms with Crippen LogP contribution >= 0.6 is 0 Å². The molecule has 1 N–H and O–H groups in total. The van der Waals surface area contributed by atoms with E-state index in [0.29, 0.717) is 46.2 Å². The molecule has 0 atom stereocenters. The number of carbonyl (C=O) groups excluding carboxylic acids is 1. The predicted octanol–water partition coefficient (Wildman–Crippen LogP) is 5.15. The number of carbonyl (C=O) groups is 1. The summed E-state index contributed by atoms with van der Waals surface area (Å²) in [5.41, 5.74) is 3.59. The Bertz CT molecular complexity index is 1590. The number of rotatable bonds is 7. The number of benzene rings is 2. The van der Waals surface area contributed by atoms with Gasteiger partial charge in [-0.15, -0.1) is 0 Å². The Morgan fingerprint density at radius 1 is 1.14 bits per heavy atom. The average molecular weight is 523 g/mol. The van der Waals surface area contributed by atoms with Crippen molar-refractivity contribution in [2.75, 3.05) is 26.1 Å². The van der Waals surface area contributed by atoms with Gasteiger partial charge < -0.3 is 13.9 Å². The van der Waals surface area contributed by atoms with Gasteiger partial charge in [0, 0.05) is 24.2 Å². The summed E-state index contributed by atoms with van der Waals surface area (Å²) in [5, 5.41) is 1.43. The molecule has 194 valence electrons. The van der Waals surface area contributed by atoms with Crippen LogP contribution in [-0.4, -0.2) is 45.4 Å². The molecule has 37 heavy (non-hydrogen) atoms. The van der Waals surface area contributed by atoms with Crippen molar-refractivity contribution in [1.82, 2.24) is 9.71 Å². The fourth-order valence-electron chi connectivity index (χ4n) is 4.87. The Balaban J connectivity index is 1.62. The third-order valence-corrected chi connectivity index (χ3v) is 7.40. The summed E-state index contributed by atoms with van der Waals surface area (Å²) < 4.78 is 43.8. The summed E-state index contributed by atoms with van der Waals surface area (Å²) in [7, 11) is -3.80. The van der Waals surface area contributed by atoms with E-state index in [1.807, 2.05) is 50.2 Å². The molecule has 1 saturated heterocycles. The molecular weight excluding hydrogens is 492 g/mol. The quantitative estimate of drug-likeness (QED) is 0.358. The van der Waals surface area contributed by atoms with E-state index in [1.54, 1.807) is 6.07 Å². The number of nitrogens with one attached hydrogen (secondary N) is 1. The topological polar surface area (TPSA) is 108 Å². The zero-order chi connectivity index (χ0) is 26.2. The lowest BCUT2D eigenvalue weighted by Gasteiger charge is -2.22. The number of pyridine rings is 1. The molecule has 0 spiro atoms. The number of aryl methyl sites for hydroxylation is 2. The lowest BCUT2D eigenvalue weighted by molar-refractivity contribution is 0.0594. The molecule has 5 rings (SSSR count). The number of hydrogen-bond acceptors (Lipinski definition) is 7. The molecule has 2 aromatic carbocycles. The molecule has 1 amide bonds. The molecule has 0 unspecified atom stereocenters. The van der Waals surface area contributed by atoms with Gasteiger partial charge in [-0.2, -0.15) is 0 Å². The third kappa shape index (κ3) is 5.33. The van der Waals surface area contributed by atoms with Crippen molar-refractivity contribution in [2.45, 2.75) is 33.1 Å². The Hall–Kier alpha value is -3.43. The minimum atomic E-state index is -3.80. The summed E-state index contributed by atoms with van der Waals surface area (Å²) in [4.78, 5) is 18.2. The fourth-order valence-corrected chi connectivity index (χ4v) is 5.32. The second-order valence-corrected chi connectivity index (χ2v) is 11.4. The highest BCUT2D eigenvalue weighted by atomic mass is 32.2. The molecule has 0 bridgehead atoms. The zero-order valence-electron chi connectivity index (χ0n) is 21.2. The van der Waals surface area contributed by atoms with Crippen LogP contribution in [0.15, 0.2) is 46.9 Å². The van der Waals surface area contributed by atoms with Crippen LogP contribution in [-0.2, 0) is 14.8 Å². The maximum atomic E-state index is 13.3. The van der Waals surface area contributed by atoms with E-state index in [4.69, 9.17) is 18.9 Å². The van der Waals surface area contributed by atoms with Crippen LogP contribution in [0.1, 0.15) is 40.7 Å². The number of fused-ring (bicyclic) bond motifs is 2. The van der Waals surface area contributed by atoms with Crippen molar-refractivity contribution in [1.29, 1.82) is 0 Å². The van der Waals surface area contributed by atoms with Crippen LogP contribution in [0.4, 0.5) is 0 Å². The van der Waals surface area contributed by atoms with Gasteiger partial charge in [-0.25, -0.2) is 18.1 Å². The largest absolute Gasteiger partial charge is 0.493 e. The molecule has 0 saturated carbocycles. The van der Waals surface area contributed by atoms with Gasteiger partial charge in [-0.1, -0.05) is 24.3 Å². The Morgan fingerprint density at radius 3 is 2.62 bits per heavy atom. The molecule has 3 heterocycles. The number of ether oxygens (including phenoxy) is 2. The lowest BCUT2D eigenvalue weighted by atomic mass is 9.97. The number of furan rings is 1. The number of amides is 1. The molecule has 8 nitrogen and oxygen atoms in total. The molecule has 0 radical (unpaired) electrons. The first-order valence-electron chi connectivity index (χ1n) is 12.4.